The zero-order chi connectivity index (χ0) is 19.7. The lowest BCUT2D eigenvalue weighted by atomic mass is 9.63. The molecule has 2 bridgehead atoms. The van der Waals surface area contributed by atoms with Gasteiger partial charge in [0.2, 0.25) is 11.8 Å². The summed E-state index contributed by atoms with van der Waals surface area (Å²) in [6.45, 7) is 0.103. The van der Waals surface area contributed by atoms with Crippen LogP contribution in [0.5, 0.6) is 5.75 Å². The number of likely N-dealkylation sites (tertiary alicyclic amines) is 1. The third-order valence-corrected chi connectivity index (χ3v) is 7.25. The summed E-state index contributed by atoms with van der Waals surface area (Å²) in [5, 5.41) is 2.07. The first-order valence-electron chi connectivity index (χ1n) is 10.3. The highest BCUT2D eigenvalue weighted by Gasteiger charge is 2.66. The van der Waals surface area contributed by atoms with E-state index in [2.05, 4.69) is 12.2 Å². The van der Waals surface area contributed by atoms with Crippen molar-refractivity contribution in [2.24, 2.45) is 35.5 Å². The number of allylic oxidation sites excluding steroid dienone is 2. The van der Waals surface area contributed by atoms with Crippen LogP contribution in [0.1, 0.15) is 12.8 Å². The number of carbonyl (C=O) groups excluding carboxylic acids is 3. The van der Waals surface area contributed by atoms with Gasteiger partial charge in [-0.05, 0) is 53.0 Å². The lowest BCUT2D eigenvalue weighted by Gasteiger charge is -2.37. The fourth-order valence-electron chi connectivity index (χ4n) is 5.86. The number of hydrogen-bond acceptors (Lipinski definition) is 4. The van der Waals surface area contributed by atoms with Crippen LogP contribution in [-0.2, 0) is 14.4 Å². The zero-order valence-corrected chi connectivity index (χ0v) is 15.9. The highest BCUT2D eigenvalue weighted by Crippen LogP contribution is 2.65. The van der Waals surface area contributed by atoms with E-state index in [1.165, 1.54) is 4.90 Å². The summed E-state index contributed by atoms with van der Waals surface area (Å²) in [4.78, 5) is 39.5. The number of carbonyl (C=O) groups is 3. The van der Waals surface area contributed by atoms with E-state index >= 15 is 0 Å². The van der Waals surface area contributed by atoms with E-state index in [1.54, 1.807) is 6.07 Å². The maximum Gasteiger partial charge on any atom is 0.312 e. The summed E-state index contributed by atoms with van der Waals surface area (Å²) in [5.41, 5.74) is 0. The van der Waals surface area contributed by atoms with Crippen LogP contribution in [0.4, 0.5) is 0 Å². The number of hydrogen-bond donors (Lipinski definition) is 0. The van der Waals surface area contributed by atoms with Gasteiger partial charge >= 0.3 is 5.97 Å². The first-order valence-corrected chi connectivity index (χ1v) is 10.3. The molecule has 29 heavy (non-hydrogen) atoms. The molecule has 0 spiro atoms. The van der Waals surface area contributed by atoms with E-state index in [-0.39, 0.29) is 48.5 Å². The summed E-state index contributed by atoms with van der Waals surface area (Å²) in [6.07, 6.45) is 5.47. The Morgan fingerprint density at radius 1 is 0.931 bits per heavy atom. The molecular weight excluding hydrogens is 366 g/mol. The number of imide groups is 1. The molecule has 0 N–H and O–H groups in total. The van der Waals surface area contributed by atoms with Crippen LogP contribution in [0.15, 0.2) is 54.6 Å². The third-order valence-electron chi connectivity index (χ3n) is 7.25. The second kappa shape index (κ2) is 6.02. The van der Waals surface area contributed by atoms with Gasteiger partial charge in [-0.25, -0.2) is 0 Å². The van der Waals surface area contributed by atoms with Crippen LogP contribution in [0.2, 0.25) is 0 Å². The molecule has 0 radical (unpaired) electrons. The van der Waals surface area contributed by atoms with Crippen molar-refractivity contribution in [2.75, 3.05) is 6.54 Å². The Labute approximate surface area is 168 Å². The van der Waals surface area contributed by atoms with E-state index in [9.17, 15) is 14.4 Å². The quantitative estimate of drug-likeness (QED) is 0.350. The average molecular weight is 387 g/mol. The van der Waals surface area contributed by atoms with E-state index in [0.717, 1.165) is 17.2 Å². The van der Waals surface area contributed by atoms with Gasteiger partial charge in [-0.2, -0.15) is 0 Å². The van der Waals surface area contributed by atoms with Crippen molar-refractivity contribution in [1.82, 2.24) is 4.90 Å². The molecule has 4 aliphatic carbocycles. The normalized spacial score (nSPS) is 33.7. The Hall–Kier alpha value is -2.95. The first-order chi connectivity index (χ1) is 14.1. The lowest BCUT2D eigenvalue weighted by Crippen LogP contribution is -2.40. The first kappa shape index (κ1) is 17.0. The summed E-state index contributed by atoms with van der Waals surface area (Å²) < 4.78 is 5.45. The molecule has 0 aromatic heterocycles. The second-order valence-electron chi connectivity index (χ2n) is 8.72. The van der Waals surface area contributed by atoms with Gasteiger partial charge < -0.3 is 4.74 Å². The Morgan fingerprint density at radius 3 is 2.28 bits per heavy atom. The molecule has 1 saturated heterocycles. The van der Waals surface area contributed by atoms with Crippen LogP contribution >= 0.6 is 0 Å². The van der Waals surface area contributed by atoms with Crippen LogP contribution < -0.4 is 4.74 Å². The van der Waals surface area contributed by atoms with Crippen molar-refractivity contribution < 1.29 is 19.1 Å². The van der Waals surface area contributed by atoms with Gasteiger partial charge in [0.1, 0.15) is 5.75 Å². The van der Waals surface area contributed by atoms with Crippen molar-refractivity contribution in [3.05, 3.63) is 54.6 Å². The predicted molar refractivity (Wildman–Crippen MR) is 106 cm³/mol. The number of esters is 1. The molecule has 5 nitrogen and oxygen atoms in total. The monoisotopic (exact) mass is 387 g/mol. The Morgan fingerprint density at radius 2 is 1.59 bits per heavy atom. The van der Waals surface area contributed by atoms with Crippen molar-refractivity contribution in [2.45, 2.75) is 12.8 Å². The second-order valence-corrected chi connectivity index (χ2v) is 8.72. The van der Waals surface area contributed by atoms with Gasteiger partial charge in [-0.3, -0.25) is 19.3 Å². The van der Waals surface area contributed by atoms with Gasteiger partial charge in [-0.15, -0.1) is 0 Å². The maximum absolute atomic E-state index is 12.9. The number of amides is 2. The molecule has 2 amide bonds. The minimum absolute atomic E-state index is 0.0133. The van der Waals surface area contributed by atoms with Crippen molar-refractivity contribution in [3.63, 3.8) is 0 Å². The fourth-order valence-corrected chi connectivity index (χ4v) is 5.86. The van der Waals surface area contributed by atoms with E-state index in [1.807, 2.05) is 36.4 Å². The van der Waals surface area contributed by atoms with Crippen LogP contribution in [0, 0.1) is 35.5 Å². The molecule has 146 valence electrons. The average Bonchev–Trinajstić information content (AvgIpc) is 3.51. The molecule has 0 unspecified atom stereocenters. The molecular formula is C24H21NO4. The van der Waals surface area contributed by atoms with E-state index in [4.69, 9.17) is 4.74 Å². The highest BCUT2D eigenvalue weighted by atomic mass is 16.5. The molecule has 1 aliphatic heterocycles. The SMILES string of the molecule is O=C(CCN1C(=O)[C@H]2[C@@H]3C=C[C@H]([C@H]4C[C@H]34)[C@@H]2C1=O)Oc1ccc2ccccc2c1. The number of fused-ring (bicyclic) bond motifs is 1. The van der Waals surface area contributed by atoms with Gasteiger partial charge in [0.15, 0.2) is 0 Å². The predicted octanol–water partition coefficient (Wildman–Crippen LogP) is 3.19. The molecule has 3 fully saturated rings. The van der Waals surface area contributed by atoms with Crippen LogP contribution in [0.3, 0.4) is 0 Å². The number of ether oxygens (including phenoxy) is 1. The smallest absolute Gasteiger partial charge is 0.312 e. The van der Waals surface area contributed by atoms with Gasteiger partial charge in [0.25, 0.3) is 0 Å². The van der Waals surface area contributed by atoms with Crippen LogP contribution in [0.25, 0.3) is 10.8 Å². The fraction of sp³-hybridized carbons (Fsp3) is 0.375. The summed E-state index contributed by atoms with van der Waals surface area (Å²) in [7, 11) is 0. The van der Waals surface area contributed by atoms with Crippen molar-refractivity contribution in [1.29, 1.82) is 0 Å². The molecule has 1 heterocycles. The van der Waals surface area contributed by atoms with Crippen LogP contribution in [-0.4, -0.2) is 29.2 Å². The zero-order valence-electron chi connectivity index (χ0n) is 15.9. The summed E-state index contributed by atoms with van der Waals surface area (Å²) in [5.74, 6) is 1.02. The molecule has 2 aromatic rings. The molecule has 2 saturated carbocycles. The van der Waals surface area contributed by atoms with Crippen molar-refractivity contribution in [3.8, 4) is 5.75 Å². The maximum atomic E-state index is 12.9. The van der Waals surface area contributed by atoms with Gasteiger partial charge in [0, 0.05) is 6.54 Å². The number of rotatable bonds is 4. The minimum atomic E-state index is -0.431. The topological polar surface area (TPSA) is 63.7 Å². The Kier molecular flexibility index (Phi) is 3.52. The summed E-state index contributed by atoms with van der Waals surface area (Å²) in [6, 6.07) is 13.3. The number of nitrogens with zero attached hydrogens (tertiary/aromatic N) is 1. The molecule has 7 rings (SSSR count). The van der Waals surface area contributed by atoms with E-state index in [0.29, 0.717) is 17.6 Å². The molecule has 5 aliphatic rings. The molecule has 5 heteroatoms. The minimum Gasteiger partial charge on any atom is -0.426 e. The van der Waals surface area contributed by atoms with Gasteiger partial charge in [0.05, 0.1) is 18.3 Å². The highest BCUT2D eigenvalue weighted by molar-refractivity contribution is 6.06. The van der Waals surface area contributed by atoms with Gasteiger partial charge in [-0.1, -0.05) is 42.5 Å². The third kappa shape index (κ3) is 2.49. The Bertz CT molecular complexity index is 1050. The molecule has 6 atom stereocenters. The van der Waals surface area contributed by atoms with E-state index < -0.39 is 5.97 Å². The largest absolute Gasteiger partial charge is 0.426 e. The lowest BCUT2D eigenvalue weighted by molar-refractivity contribution is -0.141. The van der Waals surface area contributed by atoms with Crippen molar-refractivity contribution >= 4 is 28.6 Å². The summed E-state index contributed by atoms with van der Waals surface area (Å²) >= 11 is 0. The standard InChI is InChI=1S/C24H21NO4/c26-20(29-15-6-5-13-3-1-2-4-14(13)11-15)9-10-25-23(27)21-16-7-8-17(19-12-18(16)19)22(21)24(25)28/h1-8,11,16-19,21-22H,9-10,12H2/t16-,17-,18-,19-,21+,22+/m1/s1. The number of benzene rings is 2. The Balaban J connectivity index is 1.13. The molecule has 2 aromatic carbocycles.